The Morgan fingerprint density at radius 1 is 1.00 bits per heavy atom. The van der Waals surface area contributed by atoms with Crippen LogP contribution in [0.25, 0.3) is 11.3 Å². The highest BCUT2D eigenvalue weighted by atomic mass is 35.5. The molecule has 6 nitrogen and oxygen atoms in total. The number of carbonyl (C=O) groups excluding carboxylic acids is 1. The van der Waals surface area contributed by atoms with Gasteiger partial charge in [0, 0.05) is 29.2 Å². The van der Waals surface area contributed by atoms with E-state index >= 15 is 0 Å². The third kappa shape index (κ3) is 4.88. The molecule has 1 aliphatic rings. The predicted octanol–water partition coefficient (Wildman–Crippen LogP) is 6.35. The lowest BCUT2D eigenvalue weighted by atomic mass is 10.1. The van der Waals surface area contributed by atoms with Crippen LogP contribution in [0.15, 0.2) is 78.9 Å². The molecule has 1 aromatic heterocycles. The Balaban J connectivity index is 1.57. The van der Waals surface area contributed by atoms with Crippen LogP contribution < -0.4 is 9.47 Å². The van der Waals surface area contributed by atoms with Gasteiger partial charge >= 0.3 is 0 Å². The van der Waals surface area contributed by atoms with Crippen LogP contribution in [-0.4, -0.2) is 33.7 Å². The van der Waals surface area contributed by atoms with Gasteiger partial charge in [-0.25, -0.2) is 4.68 Å². The van der Waals surface area contributed by atoms with Gasteiger partial charge in [-0.2, -0.15) is 5.10 Å². The number of amides is 1. The van der Waals surface area contributed by atoms with E-state index < -0.39 is 0 Å². The Morgan fingerprint density at radius 3 is 2.31 bits per heavy atom. The first kappa shape index (κ1) is 23.0. The minimum absolute atomic E-state index is 0.0322. The van der Waals surface area contributed by atoms with Crippen LogP contribution in [-0.2, 0) is 13.6 Å². The Hall–Kier alpha value is -3.77. The summed E-state index contributed by atoms with van der Waals surface area (Å²) in [4.78, 5) is 15.5. The molecule has 0 saturated heterocycles. The third-order valence-corrected chi connectivity index (χ3v) is 6.33. The first-order valence-electron chi connectivity index (χ1n) is 11.5. The van der Waals surface area contributed by atoms with Gasteiger partial charge in [-0.3, -0.25) is 4.79 Å². The number of hydrogen-bond donors (Lipinski definition) is 0. The molecule has 1 aliphatic carbocycles. The summed E-state index contributed by atoms with van der Waals surface area (Å²) in [6.45, 7) is 0.370. The molecule has 0 aliphatic heterocycles. The molecule has 1 fully saturated rings. The highest BCUT2D eigenvalue weighted by molar-refractivity contribution is 6.30. The molecule has 0 N–H and O–H groups in total. The molecule has 0 spiro atoms. The molecule has 0 radical (unpaired) electrons. The van der Waals surface area contributed by atoms with E-state index in [0.717, 1.165) is 29.7 Å². The van der Waals surface area contributed by atoms with Gasteiger partial charge < -0.3 is 14.4 Å². The Kier molecular flexibility index (Phi) is 6.47. The Morgan fingerprint density at radius 2 is 1.66 bits per heavy atom. The number of rotatable bonds is 8. The maximum atomic E-state index is 13.6. The van der Waals surface area contributed by atoms with E-state index in [9.17, 15) is 4.79 Å². The molecule has 1 amide bonds. The number of hydrogen-bond acceptors (Lipinski definition) is 4. The largest absolute Gasteiger partial charge is 0.493 e. The van der Waals surface area contributed by atoms with Gasteiger partial charge in [0.05, 0.1) is 19.2 Å². The average molecular weight is 488 g/mol. The molecule has 3 aromatic carbocycles. The fourth-order valence-electron chi connectivity index (χ4n) is 4.14. The zero-order valence-electron chi connectivity index (χ0n) is 19.6. The van der Waals surface area contributed by atoms with Crippen molar-refractivity contribution in [3.63, 3.8) is 0 Å². The van der Waals surface area contributed by atoms with E-state index in [2.05, 4.69) is 0 Å². The molecule has 0 bridgehead atoms. The van der Waals surface area contributed by atoms with Crippen molar-refractivity contribution < 1.29 is 14.3 Å². The summed E-state index contributed by atoms with van der Waals surface area (Å²) in [7, 11) is 3.46. The maximum Gasteiger partial charge on any atom is 0.254 e. The maximum absolute atomic E-state index is 13.6. The van der Waals surface area contributed by atoms with Crippen molar-refractivity contribution in [2.75, 3.05) is 7.11 Å². The number of para-hydroxylation sites is 2. The molecular weight excluding hydrogens is 462 g/mol. The van der Waals surface area contributed by atoms with Gasteiger partial charge in [0.15, 0.2) is 11.5 Å². The fourth-order valence-corrected chi connectivity index (χ4v) is 4.27. The molecule has 7 heteroatoms. The van der Waals surface area contributed by atoms with Crippen molar-refractivity contribution in [2.24, 2.45) is 7.05 Å². The smallest absolute Gasteiger partial charge is 0.254 e. The number of methoxy groups -OCH3 is 1. The van der Waals surface area contributed by atoms with E-state index in [1.807, 2.05) is 66.5 Å². The molecule has 4 aromatic rings. The SMILES string of the molecule is COc1ccccc1Oc1c(CN(C(=O)c2ccc(Cl)cc2)C2CC2)c(-c2ccccc2)nn1C. The van der Waals surface area contributed by atoms with Crippen LogP contribution in [0.1, 0.15) is 28.8 Å². The normalized spacial score (nSPS) is 12.9. The lowest BCUT2D eigenvalue weighted by Gasteiger charge is -2.23. The van der Waals surface area contributed by atoms with Gasteiger partial charge in [-0.1, -0.05) is 54.1 Å². The number of ether oxygens (including phenoxy) is 2. The quantitative estimate of drug-likeness (QED) is 0.291. The van der Waals surface area contributed by atoms with E-state index in [4.69, 9.17) is 26.2 Å². The molecule has 178 valence electrons. The molecule has 1 saturated carbocycles. The summed E-state index contributed by atoms with van der Waals surface area (Å²) < 4.78 is 13.6. The predicted molar refractivity (Wildman–Crippen MR) is 136 cm³/mol. The lowest BCUT2D eigenvalue weighted by Crippen LogP contribution is -2.32. The monoisotopic (exact) mass is 487 g/mol. The number of aromatic nitrogens is 2. The molecule has 35 heavy (non-hydrogen) atoms. The van der Waals surface area contributed by atoms with E-state index in [1.54, 1.807) is 36.1 Å². The van der Waals surface area contributed by atoms with Crippen LogP contribution in [0.4, 0.5) is 0 Å². The summed E-state index contributed by atoms with van der Waals surface area (Å²) in [5, 5.41) is 5.41. The molecule has 0 atom stereocenters. The van der Waals surface area contributed by atoms with Gasteiger partial charge in [0.1, 0.15) is 5.69 Å². The second kappa shape index (κ2) is 9.84. The van der Waals surface area contributed by atoms with Crippen molar-refractivity contribution >= 4 is 17.5 Å². The number of benzene rings is 3. The second-order valence-electron chi connectivity index (χ2n) is 8.55. The van der Waals surface area contributed by atoms with Gasteiger partial charge in [0.2, 0.25) is 5.88 Å². The summed E-state index contributed by atoms with van der Waals surface area (Å²) in [6, 6.07) is 24.7. The molecule has 5 rings (SSSR count). The zero-order chi connectivity index (χ0) is 24.4. The minimum atomic E-state index is -0.0322. The molecular formula is C28H26ClN3O3. The number of aryl methyl sites for hydroxylation is 1. The van der Waals surface area contributed by atoms with Gasteiger partial charge in [0.25, 0.3) is 5.91 Å². The summed E-state index contributed by atoms with van der Waals surface area (Å²) in [6.07, 6.45) is 1.95. The van der Waals surface area contributed by atoms with Crippen molar-refractivity contribution in [2.45, 2.75) is 25.4 Å². The van der Waals surface area contributed by atoms with Crippen LogP contribution in [0.3, 0.4) is 0 Å². The summed E-state index contributed by atoms with van der Waals surface area (Å²) in [5.74, 6) is 1.75. The van der Waals surface area contributed by atoms with E-state index in [0.29, 0.717) is 34.5 Å². The molecule has 1 heterocycles. The number of halogens is 1. The van der Waals surface area contributed by atoms with E-state index in [1.165, 1.54) is 0 Å². The Bertz CT molecular complexity index is 1330. The minimum Gasteiger partial charge on any atom is -0.493 e. The third-order valence-electron chi connectivity index (χ3n) is 6.08. The van der Waals surface area contributed by atoms with Crippen LogP contribution in [0.5, 0.6) is 17.4 Å². The first-order chi connectivity index (χ1) is 17.0. The zero-order valence-corrected chi connectivity index (χ0v) is 20.4. The lowest BCUT2D eigenvalue weighted by molar-refractivity contribution is 0.0729. The summed E-state index contributed by atoms with van der Waals surface area (Å²) in [5.41, 5.74) is 3.20. The summed E-state index contributed by atoms with van der Waals surface area (Å²) >= 11 is 6.05. The van der Waals surface area contributed by atoms with Crippen molar-refractivity contribution in [3.8, 4) is 28.6 Å². The van der Waals surface area contributed by atoms with Crippen molar-refractivity contribution in [1.29, 1.82) is 0 Å². The van der Waals surface area contributed by atoms with Gasteiger partial charge in [-0.05, 0) is 49.2 Å². The van der Waals surface area contributed by atoms with Crippen LogP contribution in [0, 0.1) is 0 Å². The highest BCUT2D eigenvalue weighted by Crippen LogP contribution is 2.39. The first-order valence-corrected chi connectivity index (χ1v) is 11.9. The highest BCUT2D eigenvalue weighted by Gasteiger charge is 2.35. The van der Waals surface area contributed by atoms with Crippen molar-refractivity contribution in [1.82, 2.24) is 14.7 Å². The van der Waals surface area contributed by atoms with Gasteiger partial charge in [-0.15, -0.1) is 0 Å². The topological polar surface area (TPSA) is 56.6 Å². The number of carbonyl (C=O) groups is 1. The average Bonchev–Trinajstić information content (AvgIpc) is 3.68. The standard InChI is InChI=1S/C28H26ClN3O3/c1-31-28(35-25-11-7-6-10-24(25)34-2)23(26(30-31)19-8-4-3-5-9-19)18-32(22-16-17-22)27(33)20-12-14-21(29)15-13-20/h3-15,22H,16-18H2,1-2H3. The van der Waals surface area contributed by atoms with Crippen molar-refractivity contribution in [3.05, 3.63) is 95.0 Å². The van der Waals surface area contributed by atoms with E-state index in [-0.39, 0.29) is 11.9 Å². The fraction of sp³-hybridized carbons (Fsp3) is 0.214. The second-order valence-corrected chi connectivity index (χ2v) is 8.98. The van der Waals surface area contributed by atoms with Crippen LogP contribution in [0.2, 0.25) is 5.02 Å². The molecule has 0 unspecified atom stereocenters. The Labute approximate surface area is 209 Å². The number of nitrogens with zero attached hydrogens (tertiary/aromatic N) is 3. The van der Waals surface area contributed by atoms with Crippen LogP contribution >= 0.6 is 11.6 Å².